The molecule has 4 nitrogen and oxygen atoms in total. The predicted octanol–water partition coefficient (Wildman–Crippen LogP) is 3.36. The van der Waals surface area contributed by atoms with Crippen molar-refractivity contribution in [2.45, 2.75) is 48.5 Å². The van der Waals surface area contributed by atoms with Gasteiger partial charge < -0.3 is 10.2 Å². The normalized spacial score (nSPS) is 31.8. The van der Waals surface area contributed by atoms with E-state index in [9.17, 15) is 0 Å². The maximum absolute atomic E-state index is 9.00. The van der Waals surface area contributed by atoms with Crippen LogP contribution in [0.1, 0.15) is 48.5 Å². The molecular formula is C14H28O4Rh. The molecule has 1 aliphatic rings. The minimum atomic E-state index is -0.833. The van der Waals surface area contributed by atoms with Gasteiger partial charge in [0.2, 0.25) is 0 Å². The van der Waals surface area contributed by atoms with E-state index in [0.29, 0.717) is 0 Å². The zero-order valence-corrected chi connectivity index (χ0v) is 14.6. The molecule has 19 heavy (non-hydrogen) atoms. The quantitative estimate of drug-likeness (QED) is 0.647. The van der Waals surface area contributed by atoms with Crippen molar-refractivity contribution in [3.05, 3.63) is 0 Å². The fourth-order valence-corrected chi connectivity index (χ4v) is 2.39. The van der Waals surface area contributed by atoms with Gasteiger partial charge in [0.05, 0.1) is 0 Å². The zero-order valence-electron chi connectivity index (χ0n) is 12.9. The molecule has 0 aromatic carbocycles. The van der Waals surface area contributed by atoms with Crippen LogP contribution in [0.5, 0.6) is 0 Å². The third-order valence-electron chi connectivity index (χ3n) is 4.15. The first-order chi connectivity index (χ1) is 8.02. The van der Waals surface area contributed by atoms with Crippen LogP contribution in [0, 0.1) is 29.6 Å². The Kier molecular flexibility index (Phi) is 14.2. The van der Waals surface area contributed by atoms with Crippen LogP contribution in [0.4, 0.5) is 0 Å². The summed E-state index contributed by atoms with van der Waals surface area (Å²) in [5, 5.41) is 14.8. The number of carboxylic acid groups (broad SMARTS) is 2. The first-order valence-corrected chi connectivity index (χ1v) is 6.41. The first-order valence-electron chi connectivity index (χ1n) is 6.41. The van der Waals surface area contributed by atoms with Gasteiger partial charge >= 0.3 is 0 Å². The summed E-state index contributed by atoms with van der Waals surface area (Å²) in [6, 6.07) is 0. The van der Waals surface area contributed by atoms with Crippen molar-refractivity contribution >= 4 is 11.9 Å². The summed E-state index contributed by atoms with van der Waals surface area (Å²) in [5.41, 5.74) is 0. The fourth-order valence-electron chi connectivity index (χ4n) is 2.39. The van der Waals surface area contributed by atoms with Crippen LogP contribution in [0.2, 0.25) is 0 Å². The van der Waals surface area contributed by atoms with Gasteiger partial charge in [-0.25, -0.2) is 0 Å². The third-order valence-corrected chi connectivity index (χ3v) is 4.15. The number of hydrogen-bond acceptors (Lipinski definition) is 2. The van der Waals surface area contributed by atoms with Crippen molar-refractivity contribution in [2.24, 2.45) is 29.6 Å². The number of carbonyl (C=O) groups is 2. The van der Waals surface area contributed by atoms with Crippen LogP contribution in [0.25, 0.3) is 0 Å². The number of carboxylic acids is 2. The molecule has 0 unspecified atom stereocenters. The van der Waals surface area contributed by atoms with Gasteiger partial charge in [-0.2, -0.15) is 0 Å². The van der Waals surface area contributed by atoms with Crippen molar-refractivity contribution in [3.63, 3.8) is 0 Å². The Morgan fingerprint density at radius 3 is 0.737 bits per heavy atom. The van der Waals surface area contributed by atoms with E-state index in [2.05, 4.69) is 34.6 Å². The minimum Gasteiger partial charge on any atom is -0.481 e. The molecule has 0 heterocycles. The van der Waals surface area contributed by atoms with Crippen molar-refractivity contribution < 1.29 is 39.3 Å². The molecule has 0 atom stereocenters. The van der Waals surface area contributed by atoms with Crippen molar-refractivity contribution in [3.8, 4) is 0 Å². The maximum Gasteiger partial charge on any atom is 0.300 e. The monoisotopic (exact) mass is 363 g/mol. The Morgan fingerprint density at radius 2 is 0.684 bits per heavy atom. The number of rotatable bonds is 0. The van der Waals surface area contributed by atoms with E-state index in [1.807, 2.05) is 0 Å². The second-order valence-electron chi connectivity index (χ2n) is 5.33. The van der Waals surface area contributed by atoms with Crippen molar-refractivity contribution in [1.29, 1.82) is 0 Å². The molecule has 117 valence electrons. The molecule has 1 fully saturated rings. The van der Waals surface area contributed by atoms with Gasteiger partial charge in [-0.15, -0.1) is 0 Å². The average molecular weight is 363 g/mol. The van der Waals surface area contributed by atoms with Gasteiger partial charge in [0, 0.05) is 33.3 Å². The molecule has 0 aromatic heterocycles. The number of hydrogen-bond donors (Lipinski definition) is 2. The van der Waals surface area contributed by atoms with Gasteiger partial charge in [0.25, 0.3) is 11.9 Å². The van der Waals surface area contributed by atoms with Crippen LogP contribution in [0.3, 0.4) is 0 Å². The smallest absolute Gasteiger partial charge is 0.300 e. The first kappa shape index (κ1) is 23.6. The van der Waals surface area contributed by atoms with Crippen LogP contribution in [-0.4, -0.2) is 22.2 Å². The van der Waals surface area contributed by atoms with Gasteiger partial charge in [-0.05, 0) is 29.6 Å². The Balaban J connectivity index is -0.000000242. The Morgan fingerprint density at radius 1 is 0.632 bits per heavy atom. The van der Waals surface area contributed by atoms with E-state index in [0.717, 1.165) is 43.4 Å². The molecule has 0 spiro atoms. The Hall–Kier alpha value is -0.437. The van der Waals surface area contributed by atoms with Crippen LogP contribution >= 0.6 is 0 Å². The van der Waals surface area contributed by atoms with E-state index in [-0.39, 0.29) is 19.5 Å². The average Bonchev–Trinajstić information content (AvgIpc) is 2.35. The van der Waals surface area contributed by atoms with Gasteiger partial charge in [0.15, 0.2) is 0 Å². The Labute approximate surface area is 129 Å². The van der Waals surface area contributed by atoms with Crippen molar-refractivity contribution in [2.75, 3.05) is 0 Å². The molecule has 1 aliphatic carbocycles. The summed E-state index contributed by atoms with van der Waals surface area (Å²) in [6.45, 7) is 14.2. The molecule has 0 aromatic rings. The fraction of sp³-hybridized carbons (Fsp3) is 0.857. The van der Waals surface area contributed by atoms with Crippen molar-refractivity contribution in [1.82, 2.24) is 0 Å². The Bertz CT molecular complexity index is 203. The molecule has 2 N–H and O–H groups in total. The van der Waals surface area contributed by atoms with Gasteiger partial charge in [0.1, 0.15) is 0 Å². The van der Waals surface area contributed by atoms with E-state index in [4.69, 9.17) is 19.8 Å². The summed E-state index contributed by atoms with van der Waals surface area (Å²) in [4.78, 5) is 18.0. The van der Waals surface area contributed by atoms with Crippen LogP contribution in [-0.2, 0) is 29.1 Å². The minimum absolute atomic E-state index is 0. The SMILES string of the molecule is CC(=O)O.CC(=O)O.CC1C(C)C(C)C(C)C1C.[Rh]. The zero-order chi connectivity index (χ0) is 15.0. The maximum atomic E-state index is 9.00. The third kappa shape index (κ3) is 11.1. The molecule has 0 saturated heterocycles. The standard InChI is InChI=1S/C10H20.2C2H4O2.Rh/c1-6-7(2)9(4)10(5)8(6)3;2*1-2(3)4;/h6-10H,1-5H3;2*1H3,(H,3,4);. The second-order valence-corrected chi connectivity index (χ2v) is 5.33. The molecule has 0 amide bonds. The van der Waals surface area contributed by atoms with Crippen LogP contribution < -0.4 is 0 Å². The molecule has 1 rings (SSSR count). The van der Waals surface area contributed by atoms with Crippen LogP contribution in [0.15, 0.2) is 0 Å². The summed E-state index contributed by atoms with van der Waals surface area (Å²) >= 11 is 0. The molecular weight excluding hydrogens is 335 g/mol. The summed E-state index contributed by atoms with van der Waals surface area (Å²) in [7, 11) is 0. The van der Waals surface area contributed by atoms with Gasteiger partial charge in [-0.1, -0.05) is 34.6 Å². The molecule has 0 aliphatic heterocycles. The van der Waals surface area contributed by atoms with E-state index < -0.39 is 11.9 Å². The largest absolute Gasteiger partial charge is 0.481 e. The van der Waals surface area contributed by atoms with E-state index in [1.54, 1.807) is 0 Å². The molecule has 1 radical (unpaired) electrons. The summed E-state index contributed by atoms with van der Waals surface area (Å²) in [6.07, 6.45) is 0. The summed E-state index contributed by atoms with van der Waals surface area (Å²) < 4.78 is 0. The van der Waals surface area contributed by atoms with E-state index in [1.165, 1.54) is 0 Å². The van der Waals surface area contributed by atoms with E-state index >= 15 is 0 Å². The summed E-state index contributed by atoms with van der Waals surface area (Å²) in [5.74, 6) is 3.01. The van der Waals surface area contributed by atoms with Gasteiger partial charge in [-0.3, -0.25) is 9.59 Å². The second kappa shape index (κ2) is 11.4. The number of aliphatic carboxylic acids is 2. The predicted molar refractivity (Wildman–Crippen MR) is 72.4 cm³/mol. The topological polar surface area (TPSA) is 74.6 Å². The molecule has 0 bridgehead atoms. The molecule has 1 saturated carbocycles. The molecule has 5 heteroatoms.